The van der Waals surface area contributed by atoms with Gasteiger partial charge in [0.25, 0.3) is 5.69 Å². The van der Waals surface area contributed by atoms with Crippen LogP contribution in [0, 0.1) is 21.4 Å². The molecule has 0 saturated carbocycles. The van der Waals surface area contributed by atoms with Crippen molar-refractivity contribution in [1.29, 1.82) is 5.26 Å². The molecule has 0 aromatic carbocycles. The minimum absolute atomic E-state index is 0.0876. The number of carboxylic acids is 1. The molecule has 0 aliphatic heterocycles. The quantitative estimate of drug-likeness (QED) is 0.622. The molecule has 0 fully saturated rings. The molecule has 8 nitrogen and oxygen atoms in total. The summed E-state index contributed by atoms with van der Waals surface area (Å²) in [6.45, 7) is 3.96. The molecule has 0 saturated heterocycles. The second kappa shape index (κ2) is 6.47. The number of aromatic nitrogens is 1. The van der Waals surface area contributed by atoms with E-state index >= 15 is 0 Å². The molecular formula is C12H14N4O4. The van der Waals surface area contributed by atoms with Crippen molar-refractivity contribution in [2.45, 2.75) is 26.3 Å². The van der Waals surface area contributed by atoms with Gasteiger partial charge in [-0.2, -0.15) is 5.26 Å². The van der Waals surface area contributed by atoms with Crippen molar-refractivity contribution in [3.8, 4) is 6.07 Å². The van der Waals surface area contributed by atoms with Crippen LogP contribution in [0.1, 0.15) is 30.6 Å². The van der Waals surface area contributed by atoms with Crippen LogP contribution in [0.2, 0.25) is 0 Å². The molecule has 1 aromatic heterocycles. The van der Waals surface area contributed by atoms with Crippen LogP contribution in [0.25, 0.3) is 0 Å². The van der Waals surface area contributed by atoms with Crippen molar-refractivity contribution in [3.63, 3.8) is 0 Å². The lowest BCUT2D eigenvalue weighted by atomic mass is 10.2. The van der Waals surface area contributed by atoms with E-state index in [2.05, 4.69) is 4.98 Å². The zero-order chi connectivity index (χ0) is 15.3. The van der Waals surface area contributed by atoms with Gasteiger partial charge in [-0.15, -0.1) is 0 Å². The minimum Gasteiger partial charge on any atom is -0.478 e. The number of carbonyl (C=O) groups is 1. The first-order valence-corrected chi connectivity index (χ1v) is 5.89. The molecule has 0 unspecified atom stereocenters. The maximum Gasteiger partial charge on any atom is 0.339 e. The van der Waals surface area contributed by atoms with E-state index in [0.717, 1.165) is 12.3 Å². The summed E-state index contributed by atoms with van der Waals surface area (Å²) in [5.41, 5.74) is -0.624. The molecule has 20 heavy (non-hydrogen) atoms. The molecular weight excluding hydrogens is 264 g/mol. The Morgan fingerprint density at radius 3 is 2.75 bits per heavy atom. The molecule has 8 heteroatoms. The number of nitriles is 1. The van der Waals surface area contributed by atoms with Crippen molar-refractivity contribution in [2.75, 3.05) is 11.4 Å². The molecule has 0 aliphatic rings. The number of rotatable bonds is 6. The molecule has 1 heterocycles. The van der Waals surface area contributed by atoms with Crippen molar-refractivity contribution >= 4 is 17.5 Å². The van der Waals surface area contributed by atoms with Gasteiger partial charge in [-0.05, 0) is 13.8 Å². The van der Waals surface area contributed by atoms with Crippen LogP contribution in [0.5, 0.6) is 0 Å². The third-order valence-electron chi connectivity index (χ3n) is 2.65. The predicted molar refractivity (Wildman–Crippen MR) is 70.6 cm³/mol. The van der Waals surface area contributed by atoms with E-state index in [1.807, 2.05) is 19.9 Å². The Hall–Kier alpha value is -2.69. The van der Waals surface area contributed by atoms with E-state index in [-0.39, 0.29) is 29.5 Å². The first-order chi connectivity index (χ1) is 9.38. The Morgan fingerprint density at radius 2 is 2.30 bits per heavy atom. The van der Waals surface area contributed by atoms with Crippen LogP contribution in [0.4, 0.5) is 11.5 Å². The minimum atomic E-state index is -1.29. The lowest BCUT2D eigenvalue weighted by molar-refractivity contribution is -0.385. The Balaban J connectivity index is 3.30. The van der Waals surface area contributed by atoms with Crippen molar-refractivity contribution in [1.82, 2.24) is 4.98 Å². The van der Waals surface area contributed by atoms with Crippen LogP contribution in [-0.4, -0.2) is 33.6 Å². The van der Waals surface area contributed by atoms with Crippen LogP contribution in [0.3, 0.4) is 0 Å². The number of hydrogen-bond acceptors (Lipinski definition) is 6. The molecule has 0 aliphatic carbocycles. The van der Waals surface area contributed by atoms with E-state index in [9.17, 15) is 20.0 Å². The standard InChI is InChI=1S/C12H14N4O4/c1-8(2)15(5-3-4-13)11-10(12(17)18)6-9(7-14-11)16(19)20/h6-8H,3,5H2,1-2H3,(H,17,18). The van der Waals surface area contributed by atoms with E-state index in [1.54, 1.807) is 4.90 Å². The van der Waals surface area contributed by atoms with E-state index < -0.39 is 10.9 Å². The average Bonchev–Trinajstić information content (AvgIpc) is 2.38. The van der Waals surface area contributed by atoms with Crippen molar-refractivity contribution in [3.05, 3.63) is 27.9 Å². The van der Waals surface area contributed by atoms with Crippen LogP contribution >= 0.6 is 0 Å². The fourth-order valence-electron chi connectivity index (χ4n) is 1.71. The van der Waals surface area contributed by atoms with Gasteiger partial charge in [-0.1, -0.05) is 0 Å². The summed E-state index contributed by atoms with van der Waals surface area (Å²) in [7, 11) is 0. The first-order valence-electron chi connectivity index (χ1n) is 5.89. The summed E-state index contributed by atoms with van der Waals surface area (Å²) < 4.78 is 0. The number of anilines is 1. The second-order valence-corrected chi connectivity index (χ2v) is 4.32. The van der Waals surface area contributed by atoms with E-state index in [1.165, 1.54) is 0 Å². The van der Waals surface area contributed by atoms with Crippen molar-refractivity contribution < 1.29 is 14.8 Å². The SMILES string of the molecule is CC(C)N(CCC#N)c1ncc([N+](=O)[O-])cc1C(=O)O. The van der Waals surface area contributed by atoms with Crippen LogP contribution < -0.4 is 4.90 Å². The Kier molecular flexibility index (Phi) is 4.97. The summed E-state index contributed by atoms with van der Waals surface area (Å²) in [5, 5.41) is 28.5. The number of carboxylic acid groups (broad SMARTS) is 1. The molecule has 1 rings (SSSR count). The van der Waals surface area contributed by atoms with Gasteiger partial charge in [0.1, 0.15) is 17.6 Å². The van der Waals surface area contributed by atoms with Gasteiger partial charge in [-0.3, -0.25) is 10.1 Å². The number of nitro groups is 1. The number of pyridine rings is 1. The highest BCUT2D eigenvalue weighted by Crippen LogP contribution is 2.24. The van der Waals surface area contributed by atoms with Gasteiger partial charge in [0.15, 0.2) is 0 Å². The highest BCUT2D eigenvalue weighted by molar-refractivity contribution is 5.94. The summed E-state index contributed by atoms with van der Waals surface area (Å²) in [5.74, 6) is -1.16. The molecule has 106 valence electrons. The zero-order valence-corrected chi connectivity index (χ0v) is 11.1. The zero-order valence-electron chi connectivity index (χ0n) is 11.1. The molecule has 0 radical (unpaired) electrons. The fourth-order valence-corrected chi connectivity index (χ4v) is 1.71. The average molecular weight is 278 g/mol. The number of hydrogen-bond donors (Lipinski definition) is 1. The molecule has 0 atom stereocenters. The van der Waals surface area contributed by atoms with Crippen molar-refractivity contribution in [2.24, 2.45) is 0 Å². The molecule has 0 bridgehead atoms. The summed E-state index contributed by atoms with van der Waals surface area (Å²) in [4.78, 5) is 26.8. The molecule has 1 N–H and O–H groups in total. The topological polar surface area (TPSA) is 120 Å². The maximum atomic E-state index is 11.2. The summed E-state index contributed by atoms with van der Waals surface area (Å²) in [6, 6.07) is 2.87. The van der Waals surface area contributed by atoms with E-state index in [4.69, 9.17) is 5.26 Å². The fraction of sp³-hybridized carbons (Fsp3) is 0.417. The van der Waals surface area contributed by atoms with Crippen LogP contribution in [0.15, 0.2) is 12.3 Å². The highest BCUT2D eigenvalue weighted by Gasteiger charge is 2.23. The molecule has 1 aromatic rings. The normalized spacial score (nSPS) is 10.1. The van der Waals surface area contributed by atoms with Gasteiger partial charge in [0.05, 0.1) is 17.4 Å². The monoisotopic (exact) mass is 278 g/mol. The lowest BCUT2D eigenvalue weighted by Crippen LogP contribution is -2.33. The highest BCUT2D eigenvalue weighted by atomic mass is 16.6. The molecule has 0 spiro atoms. The third-order valence-corrected chi connectivity index (χ3v) is 2.65. The Labute approximate surface area is 115 Å². The summed E-state index contributed by atoms with van der Waals surface area (Å²) in [6.07, 6.45) is 1.22. The number of nitrogens with zero attached hydrogens (tertiary/aromatic N) is 4. The number of aromatic carboxylic acids is 1. The Bertz CT molecular complexity index is 565. The maximum absolute atomic E-state index is 11.2. The lowest BCUT2D eigenvalue weighted by Gasteiger charge is -2.27. The van der Waals surface area contributed by atoms with Gasteiger partial charge in [0.2, 0.25) is 0 Å². The smallest absolute Gasteiger partial charge is 0.339 e. The first kappa shape index (κ1) is 15.4. The van der Waals surface area contributed by atoms with Gasteiger partial charge in [-0.25, -0.2) is 9.78 Å². The summed E-state index contributed by atoms with van der Waals surface area (Å²) >= 11 is 0. The van der Waals surface area contributed by atoms with Gasteiger partial charge >= 0.3 is 5.97 Å². The van der Waals surface area contributed by atoms with Gasteiger partial charge in [0, 0.05) is 18.7 Å². The third kappa shape index (κ3) is 3.41. The second-order valence-electron chi connectivity index (χ2n) is 4.32. The Morgan fingerprint density at radius 1 is 1.65 bits per heavy atom. The predicted octanol–water partition coefficient (Wildman–Crippen LogP) is 1.82. The van der Waals surface area contributed by atoms with Crippen LogP contribution in [-0.2, 0) is 0 Å². The van der Waals surface area contributed by atoms with Gasteiger partial charge < -0.3 is 10.0 Å². The van der Waals surface area contributed by atoms with E-state index in [0.29, 0.717) is 6.54 Å². The molecule has 0 amide bonds. The largest absolute Gasteiger partial charge is 0.478 e.